The topological polar surface area (TPSA) is 18.5 Å². The number of hydrogen-bond acceptors (Lipinski definition) is 2. The van der Waals surface area contributed by atoms with E-state index in [1.165, 1.54) is 12.8 Å². The van der Waals surface area contributed by atoms with Gasteiger partial charge in [0, 0.05) is 6.92 Å². The van der Waals surface area contributed by atoms with Crippen LogP contribution in [0.1, 0.15) is 47.5 Å². The highest BCUT2D eigenvalue weighted by Crippen LogP contribution is 2.20. The van der Waals surface area contributed by atoms with Crippen LogP contribution in [0.3, 0.4) is 0 Å². The van der Waals surface area contributed by atoms with E-state index in [2.05, 4.69) is 54.8 Å². The number of rotatable bonds is 12. The van der Waals surface area contributed by atoms with Gasteiger partial charge < -0.3 is 26.4 Å². The molecule has 0 aliphatic carbocycles. The van der Waals surface area contributed by atoms with Gasteiger partial charge in [0.05, 0.1) is 27.2 Å². The first-order valence-corrected chi connectivity index (χ1v) is 10.0. The first-order valence-electron chi connectivity index (χ1n) is 10.0. The zero-order valence-electron chi connectivity index (χ0n) is 18.4. The van der Waals surface area contributed by atoms with E-state index in [1.807, 2.05) is 30.3 Å². The van der Waals surface area contributed by atoms with Crippen LogP contribution in [0.5, 0.6) is 5.75 Å². The second-order valence-corrected chi connectivity index (χ2v) is 8.65. The number of allylic oxidation sites excluding steroid dienone is 1. The lowest BCUT2D eigenvalue weighted by molar-refractivity contribution is -0.930. The van der Waals surface area contributed by atoms with E-state index in [1.54, 1.807) is 5.57 Å². The molecule has 0 saturated carbocycles. The third-order valence-corrected chi connectivity index (χ3v) is 4.63. The molecule has 0 saturated heterocycles. The lowest BCUT2D eigenvalue weighted by atomic mass is 9.94. The van der Waals surface area contributed by atoms with E-state index >= 15 is 0 Å². The zero-order valence-corrected chi connectivity index (χ0v) is 19.1. The number of likely N-dealkylation sites (N-methyl/N-ethyl adjacent to an activating group) is 1. The summed E-state index contributed by atoms with van der Waals surface area (Å²) in [5.41, 5.74) is 1.58. The van der Waals surface area contributed by atoms with Gasteiger partial charge in [-0.1, -0.05) is 51.5 Å². The molecule has 156 valence electrons. The number of benzene rings is 1. The fraction of sp³-hybridized carbons (Fsp3) is 0.652. The minimum absolute atomic E-state index is 0. The largest absolute Gasteiger partial charge is 1.00 e. The van der Waals surface area contributed by atoms with E-state index < -0.39 is 0 Å². The maximum atomic E-state index is 6.04. The predicted octanol–water partition coefficient (Wildman–Crippen LogP) is 2.53. The van der Waals surface area contributed by atoms with Crippen molar-refractivity contribution in [3.8, 4) is 5.75 Å². The van der Waals surface area contributed by atoms with Gasteiger partial charge in [0.25, 0.3) is 0 Å². The van der Waals surface area contributed by atoms with Crippen LogP contribution in [-0.4, -0.2) is 44.6 Å². The Balaban J connectivity index is 0.00000676. The van der Waals surface area contributed by atoms with Gasteiger partial charge in [-0.3, -0.25) is 0 Å². The Morgan fingerprint density at radius 2 is 1.48 bits per heavy atom. The molecular formula is C23H40ClNO2. The van der Waals surface area contributed by atoms with Crippen LogP contribution in [-0.2, 0) is 4.74 Å². The number of halogens is 1. The molecule has 1 atom stereocenters. The maximum Gasteiger partial charge on any atom is 0.190 e. The van der Waals surface area contributed by atoms with Crippen molar-refractivity contribution in [1.29, 1.82) is 0 Å². The fourth-order valence-electron chi connectivity index (χ4n) is 2.91. The van der Waals surface area contributed by atoms with Gasteiger partial charge in [0.15, 0.2) is 6.23 Å². The molecule has 0 radical (unpaired) electrons. The summed E-state index contributed by atoms with van der Waals surface area (Å²) in [6.07, 6.45) is 4.96. The van der Waals surface area contributed by atoms with Crippen molar-refractivity contribution >= 4 is 0 Å². The number of ether oxygens (including phenoxy) is 2. The molecule has 0 heterocycles. The monoisotopic (exact) mass is 397 g/mol. The summed E-state index contributed by atoms with van der Waals surface area (Å²) in [6, 6.07) is 9.90. The molecule has 1 aromatic carbocycles. The van der Waals surface area contributed by atoms with Crippen LogP contribution in [0.2, 0.25) is 0 Å². The second kappa shape index (κ2) is 13.2. The van der Waals surface area contributed by atoms with Gasteiger partial charge in [-0.15, -0.1) is 0 Å². The summed E-state index contributed by atoms with van der Waals surface area (Å²) in [5.74, 6) is 2.31. The van der Waals surface area contributed by atoms with E-state index in [-0.39, 0.29) is 18.6 Å². The molecule has 1 unspecified atom stereocenters. The second-order valence-electron chi connectivity index (χ2n) is 8.65. The summed E-state index contributed by atoms with van der Waals surface area (Å²) < 4.78 is 12.6. The van der Waals surface area contributed by atoms with Crippen LogP contribution in [0.25, 0.3) is 0 Å². The first-order chi connectivity index (χ1) is 12.2. The summed E-state index contributed by atoms with van der Waals surface area (Å²) in [4.78, 5) is 0. The number of para-hydroxylation sites is 1. The van der Waals surface area contributed by atoms with E-state index in [0.717, 1.165) is 16.8 Å². The van der Waals surface area contributed by atoms with Crippen LogP contribution >= 0.6 is 0 Å². The minimum atomic E-state index is 0. The maximum absolute atomic E-state index is 6.04. The number of nitrogens with zero attached hydrogens (tertiary/aromatic N) is 1. The molecule has 0 amide bonds. The average molecular weight is 398 g/mol. The molecule has 0 bridgehead atoms. The van der Waals surface area contributed by atoms with Gasteiger partial charge in [0.1, 0.15) is 12.4 Å². The lowest BCUT2D eigenvalue weighted by Crippen LogP contribution is -3.00. The summed E-state index contributed by atoms with van der Waals surface area (Å²) in [5, 5.41) is 0. The molecule has 0 aromatic heterocycles. The third kappa shape index (κ3) is 11.4. The highest BCUT2D eigenvalue weighted by atomic mass is 35.5. The molecule has 3 nitrogen and oxygen atoms in total. The van der Waals surface area contributed by atoms with E-state index in [0.29, 0.717) is 25.0 Å². The Hall–Kier alpha value is -1.03. The molecule has 0 spiro atoms. The molecule has 1 rings (SSSR count). The molecular weight excluding hydrogens is 358 g/mol. The Morgan fingerprint density at radius 3 is 2.00 bits per heavy atom. The third-order valence-electron chi connectivity index (χ3n) is 4.63. The summed E-state index contributed by atoms with van der Waals surface area (Å²) in [7, 11) is 4.48. The Bertz CT molecular complexity index is 514. The summed E-state index contributed by atoms with van der Waals surface area (Å²) in [6.45, 7) is 13.5. The van der Waals surface area contributed by atoms with Gasteiger partial charge >= 0.3 is 0 Å². The van der Waals surface area contributed by atoms with Crippen molar-refractivity contribution in [2.45, 2.75) is 53.7 Å². The highest BCUT2D eigenvalue weighted by molar-refractivity contribution is 5.20. The van der Waals surface area contributed by atoms with Crippen molar-refractivity contribution in [3.63, 3.8) is 0 Å². The Labute approximate surface area is 173 Å². The molecule has 0 fully saturated rings. The van der Waals surface area contributed by atoms with Gasteiger partial charge in [-0.05, 0) is 42.9 Å². The van der Waals surface area contributed by atoms with Crippen molar-refractivity contribution in [1.82, 2.24) is 0 Å². The Kier molecular flexibility index (Phi) is 12.7. The molecule has 4 heteroatoms. The summed E-state index contributed by atoms with van der Waals surface area (Å²) >= 11 is 0. The van der Waals surface area contributed by atoms with Crippen molar-refractivity contribution in [3.05, 3.63) is 42.0 Å². The standard InChI is InChI=1S/C23H40NO2.ClH/c1-19(2)17-22(18-20(3)4)13-14-24(6,7)21(5)25-15-16-26-23-11-9-8-10-12-23;/h8-13,19-21H,14-18H2,1-7H3;1H/q+1;/p-1. The van der Waals surface area contributed by atoms with Crippen molar-refractivity contribution in [2.24, 2.45) is 11.8 Å². The fourth-order valence-corrected chi connectivity index (χ4v) is 2.91. The molecule has 0 aliphatic heterocycles. The number of quaternary nitrogens is 1. The van der Waals surface area contributed by atoms with E-state index in [4.69, 9.17) is 9.47 Å². The zero-order chi connectivity index (χ0) is 19.6. The average Bonchev–Trinajstić information content (AvgIpc) is 2.56. The molecule has 1 aromatic rings. The molecule has 0 N–H and O–H groups in total. The molecule has 0 aliphatic rings. The lowest BCUT2D eigenvalue weighted by Gasteiger charge is -2.35. The smallest absolute Gasteiger partial charge is 0.190 e. The highest BCUT2D eigenvalue weighted by Gasteiger charge is 2.23. The van der Waals surface area contributed by atoms with Crippen molar-refractivity contribution in [2.75, 3.05) is 33.9 Å². The van der Waals surface area contributed by atoms with Gasteiger partial charge in [-0.2, -0.15) is 0 Å². The van der Waals surface area contributed by atoms with Crippen LogP contribution in [0.4, 0.5) is 0 Å². The van der Waals surface area contributed by atoms with Crippen LogP contribution in [0, 0.1) is 11.8 Å². The van der Waals surface area contributed by atoms with Gasteiger partial charge in [-0.25, -0.2) is 0 Å². The first kappa shape index (κ1) is 26.0. The quantitative estimate of drug-likeness (QED) is 0.233. The normalized spacial score (nSPS) is 12.6. The van der Waals surface area contributed by atoms with E-state index in [9.17, 15) is 0 Å². The van der Waals surface area contributed by atoms with Crippen LogP contribution in [0.15, 0.2) is 42.0 Å². The Morgan fingerprint density at radius 1 is 0.926 bits per heavy atom. The van der Waals surface area contributed by atoms with Crippen molar-refractivity contribution < 1.29 is 26.4 Å². The molecule has 27 heavy (non-hydrogen) atoms. The van der Waals surface area contributed by atoms with Gasteiger partial charge in [0.2, 0.25) is 0 Å². The minimum Gasteiger partial charge on any atom is -1.00 e. The van der Waals surface area contributed by atoms with Crippen LogP contribution < -0.4 is 17.1 Å². The SMILES string of the molecule is CC(C)CC(=CC[N+](C)(C)C(C)OCCOc1ccccc1)CC(C)C.[Cl-]. The predicted molar refractivity (Wildman–Crippen MR) is 111 cm³/mol. The number of hydrogen-bond donors (Lipinski definition) is 0.